The zero-order valence-electron chi connectivity index (χ0n) is 12.0. The Kier molecular flexibility index (Phi) is 6.18. The van der Waals surface area contributed by atoms with Gasteiger partial charge in [0.1, 0.15) is 6.61 Å². The molecule has 5 nitrogen and oxygen atoms in total. The fourth-order valence-corrected chi connectivity index (χ4v) is 1.85. The van der Waals surface area contributed by atoms with Gasteiger partial charge in [-0.1, -0.05) is 26.0 Å². The first kappa shape index (κ1) is 16.2. The molecule has 0 aliphatic carbocycles. The number of esters is 1. The number of hydrogen-bond donors (Lipinski definition) is 1. The molecular weight excluding hydrogens is 260 g/mol. The van der Waals surface area contributed by atoms with Crippen LogP contribution in [0.5, 0.6) is 0 Å². The summed E-state index contributed by atoms with van der Waals surface area (Å²) in [6.45, 7) is 4.21. The van der Waals surface area contributed by atoms with Crippen LogP contribution >= 0.6 is 0 Å². The lowest BCUT2D eigenvalue weighted by Gasteiger charge is -2.17. The number of carboxylic acid groups (broad SMARTS) is 1. The summed E-state index contributed by atoms with van der Waals surface area (Å²) in [6.07, 6.45) is 0.584. The highest BCUT2D eigenvalue weighted by atomic mass is 16.6. The van der Waals surface area contributed by atoms with Crippen molar-refractivity contribution in [2.45, 2.75) is 26.4 Å². The molecule has 0 fully saturated rings. The third-order valence-electron chi connectivity index (χ3n) is 2.85. The summed E-state index contributed by atoms with van der Waals surface area (Å²) in [6, 6.07) is 5.98. The van der Waals surface area contributed by atoms with Gasteiger partial charge >= 0.3 is 11.9 Å². The molecule has 0 aromatic heterocycles. The molecule has 0 radical (unpaired) electrons. The van der Waals surface area contributed by atoms with Crippen LogP contribution in [0.2, 0.25) is 0 Å². The first-order valence-corrected chi connectivity index (χ1v) is 6.48. The Hall–Kier alpha value is -1.88. The minimum Gasteiger partial charge on any atom is -0.478 e. The molecule has 1 rings (SSSR count). The number of benzene rings is 1. The SMILES string of the molecule is COC(COC(=O)c1ccccc1C(=O)O)CC(C)C. The van der Waals surface area contributed by atoms with Crippen molar-refractivity contribution < 1.29 is 24.2 Å². The third kappa shape index (κ3) is 4.66. The van der Waals surface area contributed by atoms with Crippen molar-refractivity contribution in [3.8, 4) is 0 Å². The van der Waals surface area contributed by atoms with Gasteiger partial charge in [0.2, 0.25) is 0 Å². The number of rotatable bonds is 7. The van der Waals surface area contributed by atoms with E-state index in [1.807, 2.05) is 13.8 Å². The largest absolute Gasteiger partial charge is 0.478 e. The number of hydrogen-bond acceptors (Lipinski definition) is 4. The van der Waals surface area contributed by atoms with Crippen molar-refractivity contribution in [3.63, 3.8) is 0 Å². The third-order valence-corrected chi connectivity index (χ3v) is 2.85. The molecule has 1 atom stereocenters. The smallest absolute Gasteiger partial charge is 0.339 e. The van der Waals surface area contributed by atoms with Gasteiger partial charge < -0.3 is 14.6 Å². The number of aromatic carboxylic acids is 1. The van der Waals surface area contributed by atoms with Crippen LogP contribution in [0.4, 0.5) is 0 Å². The maximum Gasteiger partial charge on any atom is 0.339 e. The molecule has 0 saturated carbocycles. The van der Waals surface area contributed by atoms with Crippen LogP contribution in [-0.4, -0.2) is 36.9 Å². The minimum absolute atomic E-state index is 0.0550. The molecule has 1 unspecified atom stereocenters. The predicted octanol–water partition coefficient (Wildman–Crippen LogP) is 2.60. The van der Waals surface area contributed by atoms with Crippen LogP contribution in [0.1, 0.15) is 41.0 Å². The van der Waals surface area contributed by atoms with E-state index >= 15 is 0 Å². The summed E-state index contributed by atoms with van der Waals surface area (Å²) in [5, 5.41) is 9.02. The van der Waals surface area contributed by atoms with Gasteiger partial charge in [-0.05, 0) is 24.5 Å². The maximum absolute atomic E-state index is 11.9. The van der Waals surface area contributed by atoms with Crippen LogP contribution in [0.15, 0.2) is 24.3 Å². The molecule has 1 aromatic carbocycles. The molecular formula is C15H20O5. The monoisotopic (exact) mass is 280 g/mol. The first-order chi connectivity index (χ1) is 9.45. The molecule has 1 aromatic rings. The Labute approximate surface area is 118 Å². The number of ether oxygens (including phenoxy) is 2. The van der Waals surface area contributed by atoms with E-state index in [0.717, 1.165) is 6.42 Å². The predicted molar refractivity (Wildman–Crippen MR) is 73.9 cm³/mol. The molecule has 1 N–H and O–H groups in total. The molecule has 0 bridgehead atoms. The van der Waals surface area contributed by atoms with Crippen molar-refractivity contribution in [3.05, 3.63) is 35.4 Å². The highest BCUT2D eigenvalue weighted by Crippen LogP contribution is 2.12. The average Bonchev–Trinajstić information content (AvgIpc) is 2.42. The zero-order chi connectivity index (χ0) is 15.1. The molecule has 0 amide bonds. The van der Waals surface area contributed by atoms with Gasteiger partial charge in [0.25, 0.3) is 0 Å². The van der Waals surface area contributed by atoms with E-state index in [0.29, 0.717) is 5.92 Å². The Balaban J connectivity index is 2.70. The van der Waals surface area contributed by atoms with Gasteiger partial charge in [-0.15, -0.1) is 0 Å². The van der Waals surface area contributed by atoms with Gasteiger partial charge in [-0.2, -0.15) is 0 Å². The van der Waals surface area contributed by atoms with Crippen molar-refractivity contribution in [2.24, 2.45) is 5.92 Å². The van der Waals surface area contributed by atoms with Crippen LogP contribution in [-0.2, 0) is 9.47 Å². The Morgan fingerprint density at radius 2 is 1.80 bits per heavy atom. The summed E-state index contributed by atoms with van der Waals surface area (Å²) in [5.41, 5.74) is -0.00488. The van der Waals surface area contributed by atoms with Crippen LogP contribution in [0.25, 0.3) is 0 Å². The van der Waals surface area contributed by atoms with Crippen molar-refractivity contribution in [2.75, 3.05) is 13.7 Å². The quantitative estimate of drug-likeness (QED) is 0.777. The molecule has 110 valence electrons. The molecule has 20 heavy (non-hydrogen) atoms. The van der Waals surface area contributed by atoms with Crippen LogP contribution < -0.4 is 0 Å². The van der Waals surface area contributed by atoms with Gasteiger partial charge in [-0.25, -0.2) is 9.59 Å². The summed E-state index contributed by atoms with van der Waals surface area (Å²) in [5.74, 6) is -1.37. The van der Waals surface area contributed by atoms with Gasteiger partial charge in [-0.3, -0.25) is 0 Å². The fraction of sp³-hybridized carbons (Fsp3) is 0.467. The number of carbonyl (C=O) groups is 2. The minimum atomic E-state index is -1.15. The van der Waals surface area contributed by atoms with E-state index in [2.05, 4.69) is 0 Å². The summed E-state index contributed by atoms with van der Waals surface area (Å²) in [4.78, 5) is 23.0. The second kappa shape index (κ2) is 7.65. The number of methoxy groups -OCH3 is 1. The molecule has 0 aliphatic heterocycles. The van der Waals surface area contributed by atoms with Gasteiger partial charge in [0.05, 0.1) is 17.2 Å². The highest BCUT2D eigenvalue weighted by molar-refractivity contribution is 6.02. The van der Waals surface area contributed by atoms with Crippen molar-refractivity contribution in [1.82, 2.24) is 0 Å². The van der Waals surface area contributed by atoms with Crippen molar-refractivity contribution in [1.29, 1.82) is 0 Å². The summed E-state index contributed by atoms with van der Waals surface area (Å²) in [7, 11) is 1.56. The highest BCUT2D eigenvalue weighted by Gasteiger charge is 2.19. The molecule has 0 aliphatic rings. The lowest BCUT2D eigenvalue weighted by molar-refractivity contribution is 0.00363. The number of carbonyl (C=O) groups excluding carboxylic acids is 1. The lowest BCUT2D eigenvalue weighted by Crippen LogP contribution is -2.23. The van der Waals surface area contributed by atoms with Crippen molar-refractivity contribution >= 4 is 11.9 Å². The van der Waals surface area contributed by atoms with Crippen LogP contribution in [0.3, 0.4) is 0 Å². The average molecular weight is 280 g/mol. The summed E-state index contributed by atoms with van der Waals surface area (Å²) >= 11 is 0. The Morgan fingerprint density at radius 3 is 2.30 bits per heavy atom. The molecule has 0 saturated heterocycles. The second-order valence-corrected chi connectivity index (χ2v) is 4.94. The topological polar surface area (TPSA) is 72.8 Å². The van der Waals surface area contributed by atoms with Gasteiger partial charge in [0, 0.05) is 7.11 Å². The lowest BCUT2D eigenvalue weighted by atomic mass is 10.1. The second-order valence-electron chi connectivity index (χ2n) is 4.94. The van der Waals surface area contributed by atoms with E-state index in [1.165, 1.54) is 12.1 Å². The van der Waals surface area contributed by atoms with E-state index in [1.54, 1.807) is 19.2 Å². The molecule has 5 heteroatoms. The maximum atomic E-state index is 11.9. The number of carboxylic acids is 1. The Bertz CT molecular complexity index is 467. The standard InChI is InChI=1S/C15H20O5/c1-10(2)8-11(19-3)9-20-15(18)13-7-5-4-6-12(13)14(16)17/h4-7,10-11H,8-9H2,1-3H3,(H,16,17). The van der Waals surface area contributed by atoms with Gasteiger partial charge in [0.15, 0.2) is 0 Å². The first-order valence-electron chi connectivity index (χ1n) is 6.48. The van der Waals surface area contributed by atoms with E-state index < -0.39 is 11.9 Å². The zero-order valence-corrected chi connectivity index (χ0v) is 12.0. The van der Waals surface area contributed by atoms with E-state index in [-0.39, 0.29) is 23.8 Å². The van der Waals surface area contributed by atoms with E-state index in [4.69, 9.17) is 14.6 Å². The fourth-order valence-electron chi connectivity index (χ4n) is 1.85. The molecule has 0 heterocycles. The van der Waals surface area contributed by atoms with Crippen LogP contribution in [0, 0.1) is 5.92 Å². The molecule has 0 spiro atoms. The van der Waals surface area contributed by atoms with E-state index in [9.17, 15) is 9.59 Å². The summed E-state index contributed by atoms with van der Waals surface area (Å²) < 4.78 is 10.4. The Morgan fingerprint density at radius 1 is 1.20 bits per heavy atom. The normalized spacial score (nSPS) is 12.2.